The highest BCUT2D eigenvalue weighted by atomic mass is 16.5. The fraction of sp³-hybridized carbons (Fsp3) is 0.667. The Balaban J connectivity index is 1.41. The van der Waals surface area contributed by atoms with Crippen LogP contribution in [0.2, 0.25) is 0 Å². The van der Waals surface area contributed by atoms with Gasteiger partial charge in [-0.15, -0.1) is 0 Å². The van der Waals surface area contributed by atoms with Crippen LogP contribution in [0.4, 0.5) is 0 Å². The van der Waals surface area contributed by atoms with Crippen molar-refractivity contribution in [1.29, 1.82) is 0 Å². The lowest BCUT2D eigenvalue weighted by molar-refractivity contribution is 0.0295. The van der Waals surface area contributed by atoms with E-state index in [1.54, 1.807) is 0 Å². The second kappa shape index (κ2) is 7.88. The van der Waals surface area contributed by atoms with Gasteiger partial charge in [0.2, 0.25) is 0 Å². The fourth-order valence-corrected chi connectivity index (χ4v) is 4.60. The maximum absolute atomic E-state index is 13.2. The van der Waals surface area contributed by atoms with Gasteiger partial charge >= 0.3 is 0 Å². The molecule has 1 atom stereocenters. The fourth-order valence-electron chi connectivity index (χ4n) is 4.60. The van der Waals surface area contributed by atoms with Crippen LogP contribution < -0.4 is 0 Å². The van der Waals surface area contributed by atoms with Crippen molar-refractivity contribution in [2.75, 3.05) is 39.4 Å². The summed E-state index contributed by atoms with van der Waals surface area (Å²) in [5, 5.41) is 0. The number of benzene rings is 1. The van der Waals surface area contributed by atoms with Gasteiger partial charge < -0.3 is 9.64 Å². The Labute approximate surface area is 151 Å². The molecule has 25 heavy (non-hydrogen) atoms. The maximum atomic E-state index is 13.2. The van der Waals surface area contributed by atoms with Crippen molar-refractivity contribution in [3.05, 3.63) is 34.9 Å². The van der Waals surface area contributed by atoms with Crippen molar-refractivity contribution in [2.24, 2.45) is 0 Å². The number of rotatable bonds is 4. The number of carbonyl (C=O) groups is 1. The van der Waals surface area contributed by atoms with Crippen LogP contribution in [0.15, 0.2) is 18.2 Å². The smallest absolute Gasteiger partial charge is 0.254 e. The summed E-state index contributed by atoms with van der Waals surface area (Å²) < 4.78 is 5.44. The Morgan fingerprint density at radius 1 is 1.04 bits per heavy atom. The van der Waals surface area contributed by atoms with Gasteiger partial charge in [-0.05, 0) is 68.2 Å². The van der Waals surface area contributed by atoms with Crippen LogP contribution in [0.3, 0.4) is 0 Å². The van der Waals surface area contributed by atoms with Gasteiger partial charge in [0.1, 0.15) is 0 Å². The molecule has 2 heterocycles. The molecule has 1 unspecified atom stereocenters. The molecule has 0 aromatic heterocycles. The highest BCUT2D eigenvalue weighted by molar-refractivity contribution is 5.94. The lowest BCUT2D eigenvalue weighted by Crippen LogP contribution is -2.46. The number of ether oxygens (including phenoxy) is 1. The molecular formula is C21H30N2O2. The quantitative estimate of drug-likeness (QED) is 0.843. The number of fused-ring (bicyclic) bond motifs is 1. The minimum Gasteiger partial charge on any atom is -0.379 e. The number of nitrogens with zero attached hydrogens (tertiary/aromatic N) is 2. The molecule has 4 heteroatoms. The zero-order chi connectivity index (χ0) is 17.1. The molecule has 2 fully saturated rings. The number of morpholine rings is 1. The number of carbonyl (C=O) groups excluding carboxylic acids is 1. The van der Waals surface area contributed by atoms with Crippen molar-refractivity contribution >= 4 is 5.91 Å². The maximum Gasteiger partial charge on any atom is 0.254 e. The molecule has 1 aromatic carbocycles. The van der Waals surface area contributed by atoms with E-state index in [0.29, 0.717) is 6.04 Å². The standard InChI is InChI=1S/C21H30N2O2/c24-21(19-8-7-17-4-3-5-18(17)16-19)23-10-2-1-6-20(23)9-11-22-12-14-25-15-13-22/h7-8,16,20H,1-6,9-15H2. The monoisotopic (exact) mass is 342 g/mol. The first-order chi connectivity index (χ1) is 12.3. The van der Waals surface area contributed by atoms with Gasteiger partial charge in [0, 0.05) is 37.8 Å². The first-order valence-electron chi connectivity index (χ1n) is 10.0. The zero-order valence-corrected chi connectivity index (χ0v) is 15.2. The van der Waals surface area contributed by atoms with Gasteiger partial charge in [-0.2, -0.15) is 0 Å². The molecule has 4 rings (SSSR count). The Morgan fingerprint density at radius 3 is 2.76 bits per heavy atom. The topological polar surface area (TPSA) is 32.8 Å². The van der Waals surface area contributed by atoms with E-state index in [0.717, 1.165) is 70.6 Å². The average Bonchev–Trinajstić information content (AvgIpc) is 3.14. The summed E-state index contributed by atoms with van der Waals surface area (Å²) in [6.45, 7) is 5.77. The molecule has 0 saturated carbocycles. The molecule has 0 radical (unpaired) electrons. The van der Waals surface area contributed by atoms with Gasteiger partial charge in [0.05, 0.1) is 13.2 Å². The van der Waals surface area contributed by atoms with Gasteiger partial charge in [-0.3, -0.25) is 9.69 Å². The van der Waals surface area contributed by atoms with E-state index >= 15 is 0 Å². The molecule has 1 amide bonds. The van der Waals surface area contributed by atoms with E-state index in [9.17, 15) is 4.79 Å². The Morgan fingerprint density at radius 2 is 1.88 bits per heavy atom. The van der Waals surface area contributed by atoms with Crippen LogP contribution in [0.5, 0.6) is 0 Å². The zero-order valence-electron chi connectivity index (χ0n) is 15.2. The highest BCUT2D eigenvalue weighted by Gasteiger charge is 2.28. The van der Waals surface area contributed by atoms with Crippen LogP contribution >= 0.6 is 0 Å². The second-order valence-electron chi connectivity index (χ2n) is 7.73. The van der Waals surface area contributed by atoms with Gasteiger partial charge in [0.25, 0.3) is 5.91 Å². The van der Waals surface area contributed by atoms with Crippen LogP contribution in [0, 0.1) is 0 Å². The number of amides is 1. The van der Waals surface area contributed by atoms with E-state index in [-0.39, 0.29) is 5.91 Å². The summed E-state index contributed by atoms with van der Waals surface area (Å²) >= 11 is 0. The lowest BCUT2D eigenvalue weighted by Gasteiger charge is -2.37. The Bertz CT molecular complexity index is 610. The van der Waals surface area contributed by atoms with Gasteiger partial charge in [0.15, 0.2) is 0 Å². The van der Waals surface area contributed by atoms with Gasteiger partial charge in [-0.1, -0.05) is 6.07 Å². The molecule has 136 valence electrons. The van der Waals surface area contributed by atoms with Crippen molar-refractivity contribution in [3.63, 3.8) is 0 Å². The third-order valence-corrected chi connectivity index (χ3v) is 6.12. The summed E-state index contributed by atoms with van der Waals surface area (Å²) in [7, 11) is 0. The van der Waals surface area contributed by atoms with Crippen LogP contribution in [-0.4, -0.2) is 61.1 Å². The Hall–Kier alpha value is -1.39. The van der Waals surface area contributed by atoms with Gasteiger partial charge in [-0.25, -0.2) is 0 Å². The SMILES string of the molecule is O=C(c1ccc2c(c1)CCC2)N1CCCCC1CCN1CCOCC1. The summed E-state index contributed by atoms with van der Waals surface area (Å²) in [5.74, 6) is 0.251. The molecule has 0 bridgehead atoms. The number of piperidine rings is 1. The highest BCUT2D eigenvalue weighted by Crippen LogP contribution is 2.26. The normalized spacial score (nSPS) is 24.3. The Kier molecular flexibility index (Phi) is 5.37. The number of hydrogen-bond donors (Lipinski definition) is 0. The van der Waals surface area contributed by atoms with Crippen molar-refractivity contribution in [2.45, 2.75) is 51.0 Å². The summed E-state index contributed by atoms with van der Waals surface area (Å²) in [4.78, 5) is 17.8. The first kappa shape index (κ1) is 17.0. The minimum absolute atomic E-state index is 0.251. The van der Waals surface area contributed by atoms with Crippen LogP contribution in [-0.2, 0) is 17.6 Å². The third-order valence-electron chi connectivity index (χ3n) is 6.12. The van der Waals surface area contributed by atoms with E-state index in [1.165, 1.54) is 30.4 Å². The van der Waals surface area contributed by atoms with Crippen molar-refractivity contribution in [1.82, 2.24) is 9.80 Å². The van der Waals surface area contributed by atoms with Crippen molar-refractivity contribution in [3.8, 4) is 0 Å². The number of aryl methyl sites for hydroxylation is 2. The molecule has 2 saturated heterocycles. The predicted molar refractivity (Wildman–Crippen MR) is 99.0 cm³/mol. The van der Waals surface area contributed by atoms with Crippen LogP contribution in [0.25, 0.3) is 0 Å². The molecule has 3 aliphatic rings. The molecule has 0 N–H and O–H groups in total. The molecule has 1 aromatic rings. The summed E-state index contributed by atoms with van der Waals surface area (Å²) in [6.07, 6.45) is 8.19. The first-order valence-corrected chi connectivity index (χ1v) is 10.0. The second-order valence-corrected chi connectivity index (χ2v) is 7.73. The van der Waals surface area contributed by atoms with E-state index in [2.05, 4.69) is 28.0 Å². The molecule has 0 spiro atoms. The molecule has 2 aliphatic heterocycles. The number of hydrogen-bond acceptors (Lipinski definition) is 3. The van der Waals surface area contributed by atoms with E-state index < -0.39 is 0 Å². The van der Waals surface area contributed by atoms with Crippen molar-refractivity contribution < 1.29 is 9.53 Å². The van der Waals surface area contributed by atoms with Crippen LogP contribution in [0.1, 0.15) is 53.6 Å². The average molecular weight is 342 g/mol. The van der Waals surface area contributed by atoms with E-state index in [1.807, 2.05) is 0 Å². The summed E-state index contributed by atoms with van der Waals surface area (Å²) in [6, 6.07) is 6.80. The largest absolute Gasteiger partial charge is 0.379 e. The molecule has 4 nitrogen and oxygen atoms in total. The third kappa shape index (κ3) is 3.90. The lowest BCUT2D eigenvalue weighted by atomic mass is 9.97. The summed E-state index contributed by atoms with van der Waals surface area (Å²) in [5.41, 5.74) is 3.74. The number of likely N-dealkylation sites (tertiary alicyclic amines) is 1. The molecular weight excluding hydrogens is 312 g/mol. The predicted octanol–water partition coefficient (Wildman–Crippen LogP) is 2.89. The minimum atomic E-state index is 0.251. The molecule has 1 aliphatic carbocycles. The van der Waals surface area contributed by atoms with E-state index in [4.69, 9.17) is 4.74 Å².